The van der Waals surface area contributed by atoms with E-state index in [4.69, 9.17) is 0 Å². The topological polar surface area (TPSA) is 0 Å². The largest absolute Gasteiger partial charge is 0.102 e. The Bertz CT molecular complexity index is 109. The third kappa shape index (κ3) is 6.91. The van der Waals surface area contributed by atoms with Crippen LogP contribution in [0, 0.1) is 0 Å². The Labute approximate surface area is 81.1 Å². The Balaban J connectivity index is 3.26. The first-order valence-corrected chi connectivity index (χ1v) is 7.05. The summed E-state index contributed by atoms with van der Waals surface area (Å²) in [4.78, 5) is 0. The van der Waals surface area contributed by atoms with Crippen molar-refractivity contribution in [2.24, 2.45) is 0 Å². The lowest BCUT2D eigenvalue weighted by atomic mass is 10.5. The van der Waals surface area contributed by atoms with Gasteiger partial charge in [0.2, 0.25) is 0 Å². The van der Waals surface area contributed by atoms with E-state index in [1.165, 1.54) is 0 Å². The molecule has 0 aromatic heterocycles. The molecule has 0 amide bonds. The van der Waals surface area contributed by atoms with Crippen molar-refractivity contribution in [1.82, 2.24) is 0 Å². The average molecular weight is 206 g/mol. The lowest BCUT2D eigenvalue weighted by molar-refractivity contribution is 1.26. The van der Waals surface area contributed by atoms with E-state index in [1.807, 2.05) is 43.6 Å². The van der Waals surface area contributed by atoms with E-state index in [-0.39, 0.29) is 0 Å². The molecule has 0 N–H and O–H groups in total. The van der Waals surface area contributed by atoms with Crippen molar-refractivity contribution in [3.8, 4) is 0 Å². The fourth-order valence-corrected chi connectivity index (χ4v) is 4.67. The van der Waals surface area contributed by atoms with Gasteiger partial charge in [-0.05, 0) is 23.7 Å². The molecule has 0 fully saturated rings. The molecule has 0 bridgehead atoms. The third-order valence-corrected chi connectivity index (χ3v) is 5.90. The molecule has 2 atom stereocenters. The minimum Gasteiger partial charge on any atom is -0.102 e. The first kappa shape index (κ1) is 11.5. The summed E-state index contributed by atoms with van der Waals surface area (Å²) in [5.74, 6) is 0. The molecule has 0 saturated heterocycles. The van der Waals surface area contributed by atoms with Crippen LogP contribution in [-0.2, 0) is 0 Å². The van der Waals surface area contributed by atoms with Crippen molar-refractivity contribution in [3.63, 3.8) is 0 Å². The molecule has 3 heteroatoms. The maximum absolute atomic E-state index is 3.71. The molecular formula is C8H14S3. The van der Waals surface area contributed by atoms with Crippen LogP contribution in [-0.4, -0.2) is 10.5 Å². The Morgan fingerprint density at radius 1 is 1.00 bits per heavy atom. The average Bonchev–Trinajstić information content (AvgIpc) is 2.04. The van der Waals surface area contributed by atoms with Crippen molar-refractivity contribution in [2.75, 3.05) is 0 Å². The van der Waals surface area contributed by atoms with Crippen LogP contribution in [0.3, 0.4) is 0 Å². The highest BCUT2D eigenvalue weighted by Crippen LogP contribution is 2.40. The fourth-order valence-electron chi connectivity index (χ4n) is 0.225. The molecule has 0 nitrogen and oxygen atoms in total. The van der Waals surface area contributed by atoms with Crippen LogP contribution in [0.25, 0.3) is 0 Å². The summed E-state index contributed by atoms with van der Waals surface area (Å²) in [5.41, 5.74) is 0. The highest BCUT2D eigenvalue weighted by molar-refractivity contribution is 9.09. The Morgan fingerprint density at radius 3 is 1.64 bits per heavy atom. The molecule has 64 valence electrons. The summed E-state index contributed by atoms with van der Waals surface area (Å²) in [7, 11) is 5.48. The van der Waals surface area contributed by atoms with Crippen molar-refractivity contribution in [3.05, 3.63) is 25.3 Å². The van der Waals surface area contributed by atoms with Gasteiger partial charge >= 0.3 is 0 Å². The monoisotopic (exact) mass is 206 g/mol. The van der Waals surface area contributed by atoms with E-state index in [2.05, 4.69) is 27.0 Å². The summed E-state index contributed by atoms with van der Waals surface area (Å²) in [5, 5.41) is 1.06. The van der Waals surface area contributed by atoms with Gasteiger partial charge in [-0.25, -0.2) is 0 Å². The summed E-state index contributed by atoms with van der Waals surface area (Å²) in [6.07, 6.45) is 3.91. The molecule has 0 aliphatic carbocycles. The molecule has 0 rings (SSSR count). The van der Waals surface area contributed by atoms with Crippen molar-refractivity contribution >= 4 is 31.4 Å². The van der Waals surface area contributed by atoms with Crippen molar-refractivity contribution in [2.45, 2.75) is 24.3 Å². The van der Waals surface area contributed by atoms with E-state index >= 15 is 0 Å². The van der Waals surface area contributed by atoms with E-state index in [0.717, 1.165) is 0 Å². The van der Waals surface area contributed by atoms with Crippen molar-refractivity contribution < 1.29 is 0 Å². The summed E-state index contributed by atoms with van der Waals surface area (Å²) in [6, 6.07) is 0. The van der Waals surface area contributed by atoms with E-state index in [9.17, 15) is 0 Å². The van der Waals surface area contributed by atoms with Gasteiger partial charge in [0.05, 0.1) is 0 Å². The molecular weight excluding hydrogens is 192 g/mol. The molecule has 0 aliphatic heterocycles. The van der Waals surface area contributed by atoms with E-state index in [0.29, 0.717) is 10.5 Å². The quantitative estimate of drug-likeness (QED) is 0.473. The SMILES string of the molecule is C=CC(C)SSSC(C)C=C. The van der Waals surface area contributed by atoms with Crippen LogP contribution in [0.2, 0.25) is 0 Å². The minimum atomic E-state index is 0.532. The van der Waals surface area contributed by atoms with Gasteiger partial charge in [0.25, 0.3) is 0 Å². The van der Waals surface area contributed by atoms with Crippen LogP contribution in [0.1, 0.15) is 13.8 Å². The zero-order valence-corrected chi connectivity index (χ0v) is 9.40. The molecule has 2 unspecified atom stereocenters. The van der Waals surface area contributed by atoms with E-state index < -0.39 is 0 Å². The van der Waals surface area contributed by atoms with Crippen LogP contribution in [0.15, 0.2) is 25.3 Å². The number of hydrogen-bond acceptors (Lipinski definition) is 3. The van der Waals surface area contributed by atoms with Crippen LogP contribution >= 0.6 is 31.4 Å². The van der Waals surface area contributed by atoms with Crippen LogP contribution in [0.5, 0.6) is 0 Å². The van der Waals surface area contributed by atoms with Gasteiger partial charge in [-0.1, -0.05) is 33.7 Å². The first-order chi connectivity index (χ1) is 5.20. The molecule has 0 heterocycles. The highest BCUT2D eigenvalue weighted by Gasteiger charge is 2.00. The summed E-state index contributed by atoms with van der Waals surface area (Å²) < 4.78 is 0. The van der Waals surface area contributed by atoms with Crippen molar-refractivity contribution in [1.29, 1.82) is 0 Å². The zero-order valence-electron chi connectivity index (χ0n) is 6.95. The summed E-state index contributed by atoms with van der Waals surface area (Å²) >= 11 is 0. The Hall–Kier alpha value is 0.530. The Kier molecular flexibility index (Phi) is 7.54. The van der Waals surface area contributed by atoms with Gasteiger partial charge in [-0.3, -0.25) is 0 Å². The number of hydrogen-bond donors (Lipinski definition) is 0. The molecule has 0 saturated carbocycles. The predicted molar refractivity (Wildman–Crippen MR) is 62.1 cm³/mol. The molecule has 0 aromatic carbocycles. The first-order valence-electron chi connectivity index (χ1n) is 3.44. The molecule has 0 aliphatic rings. The second kappa shape index (κ2) is 7.19. The molecule has 11 heavy (non-hydrogen) atoms. The maximum Gasteiger partial charge on any atom is 0.0308 e. The van der Waals surface area contributed by atoms with Gasteiger partial charge in [0, 0.05) is 10.5 Å². The smallest absolute Gasteiger partial charge is 0.0308 e. The zero-order chi connectivity index (χ0) is 8.69. The molecule has 0 aromatic rings. The lowest BCUT2D eigenvalue weighted by Gasteiger charge is -2.05. The third-order valence-electron chi connectivity index (χ3n) is 1.05. The highest BCUT2D eigenvalue weighted by atomic mass is 33.5. The minimum absolute atomic E-state index is 0.532. The normalized spacial score (nSPS) is 15.5. The van der Waals surface area contributed by atoms with Gasteiger partial charge < -0.3 is 0 Å². The van der Waals surface area contributed by atoms with Crippen LogP contribution < -0.4 is 0 Å². The van der Waals surface area contributed by atoms with Gasteiger partial charge in [0.1, 0.15) is 0 Å². The second-order valence-electron chi connectivity index (χ2n) is 2.14. The molecule has 0 spiro atoms. The number of rotatable bonds is 6. The predicted octanol–water partition coefficient (Wildman–Crippen LogP) is 4.17. The Morgan fingerprint density at radius 2 is 1.36 bits per heavy atom. The van der Waals surface area contributed by atoms with Gasteiger partial charge in [0.15, 0.2) is 0 Å². The molecule has 0 radical (unpaired) electrons. The summed E-state index contributed by atoms with van der Waals surface area (Å²) in [6.45, 7) is 11.7. The fraction of sp³-hybridized carbons (Fsp3) is 0.500. The second-order valence-corrected chi connectivity index (χ2v) is 6.94. The lowest BCUT2D eigenvalue weighted by Crippen LogP contribution is -1.86. The van der Waals surface area contributed by atoms with Gasteiger partial charge in [-0.2, -0.15) is 0 Å². The van der Waals surface area contributed by atoms with Gasteiger partial charge in [-0.15, -0.1) is 13.2 Å². The standard InChI is InChI=1S/C8H14S3/c1-5-7(3)9-11-10-8(4)6-2/h5-8H,1-2H2,3-4H3. The van der Waals surface area contributed by atoms with Crippen LogP contribution in [0.4, 0.5) is 0 Å². The van der Waals surface area contributed by atoms with E-state index in [1.54, 1.807) is 0 Å². The maximum atomic E-state index is 3.71.